The Labute approximate surface area is 137 Å². The number of rotatable bonds is 6. The molecule has 0 aliphatic carbocycles. The highest BCUT2D eigenvalue weighted by Gasteiger charge is 2.36. The minimum atomic E-state index is -1.000. The molecule has 0 radical (unpaired) electrons. The monoisotopic (exact) mass is 319 g/mol. The number of ether oxygens (including phenoxy) is 1. The van der Waals surface area contributed by atoms with Crippen molar-refractivity contribution in [3.8, 4) is 0 Å². The van der Waals surface area contributed by atoms with Crippen molar-refractivity contribution in [3.05, 3.63) is 35.9 Å². The summed E-state index contributed by atoms with van der Waals surface area (Å²) in [5.41, 5.74) is 0.911. The molecule has 1 aromatic rings. The van der Waals surface area contributed by atoms with Crippen molar-refractivity contribution in [2.24, 2.45) is 5.92 Å². The number of piperidine rings is 1. The van der Waals surface area contributed by atoms with Gasteiger partial charge in [-0.05, 0) is 30.7 Å². The number of aliphatic hydroxyl groups is 1. The summed E-state index contributed by atoms with van der Waals surface area (Å²) >= 11 is 0. The van der Waals surface area contributed by atoms with Gasteiger partial charge in [-0.15, -0.1) is 0 Å². The van der Waals surface area contributed by atoms with Crippen LogP contribution in [0.2, 0.25) is 0 Å². The molecule has 1 aliphatic heterocycles. The third-order valence-corrected chi connectivity index (χ3v) is 4.01. The highest BCUT2D eigenvalue weighted by molar-refractivity contribution is 5.87. The van der Waals surface area contributed by atoms with E-state index in [1.807, 2.05) is 44.2 Å². The van der Waals surface area contributed by atoms with Crippen molar-refractivity contribution in [1.82, 2.24) is 4.90 Å². The number of hydrogen-bond donors (Lipinski definition) is 1. The van der Waals surface area contributed by atoms with Gasteiger partial charge in [-0.2, -0.15) is 0 Å². The van der Waals surface area contributed by atoms with Crippen LogP contribution < -0.4 is 0 Å². The molecular weight excluding hydrogens is 294 g/mol. The minimum absolute atomic E-state index is 0.193. The number of aliphatic hydroxyl groups excluding tert-OH is 1. The molecule has 0 aromatic heterocycles. The van der Waals surface area contributed by atoms with E-state index in [-0.39, 0.29) is 18.4 Å². The van der Waals surface area contributed by atoms with Gasteiger partial charge in [0.05, 0.1) is 0 Å². The second kappa shape index (κ2) is 8.11. The van der Waals surface area contributed by atoms with Crippen LogP contribution in [0.15, 0.2) is 30.3 Å². The predicted molar refractivity (Wildman–Crippen MR) is 86.4 cm³/mol. The van der Waals surface area contributed by atoms with Gasteiger partial charge in [-0.1, -0.05) is 44.2 Å². The normalized spacial score (nSPS) is 19.7. The fraction of sp³-hybridized carbons (Fsp3) is 0.556. The second-order valence-corrected chi connectivity index (χ2v) is 6.43. The summed E-state index contributed by atoms with van der Waals surface area (Å²) in [6, 6.07) is 8.83. The molecule has 0 bridgehead atoms. The number of hydrogen-bond acceptors (Lipinski definition) is 4. The summed E-state index contributed by atoms with van der Waals surface area (Å²) in [7, 11) is 0. The van der Waals surface area contributed by atoms with Crippen LogP contribution in [0.1, 0.15) is 38.7 Å². The maximum absolute atomic E-state index is 12.5. The zero-order valence-electron chi connectivity index (χ0n) is 13.8. The van der Waals surface area contributed by atoms with Gasteiger partial charge in [0.2, 0.25) is 0 Å². The zero-order chi connectivity index (χ0) is 16.8. The second-order valence-electron chi connectivity index (χ2n) is 6.43. The Morgan fingerprint density at radius 1 is 1.35 bits per heavy atom. The molecule has 5 nitrogen and oxygen atoms in total. The number of benzene rings is 1. The van der Waals surface area contributed by atoms with Gasteiger partial charge in [-0.25, -0.2) is 4.79 Å². The summed E-state index contributed by atoms with van der Waals surface area (Å²) in [6.45, 7) is 4.69. The first kappa shape index (κ1) is 17.5. The molecular formula is C18H25NO4. The lowest BCUT2D eigenvalue weighted by Gasteiger charge is -2.35. The lowest BCUT2D eigenvalue weighted by molar-refractivity contribution is -0.162. The highest BCUT2D eigenvalue weighted by atomic mass is 16.5. The molecule has 23 heavy (non-hydrogen) atoms. The van der Waals surface area contributed by atoms with Gasteiger partial charge in [0.15, 0.2) is 0 Å². The largest absolute Gasteiger partial charge is 0.459 e. The minimum Gasteiger partial charge on any atom is -0.459 e. The molecule has 1 N–H and O–H groups in total. The third kappa shape index (κ3) is 4.79. The molecule has 0 saturated carbocycles. The van der Waals surface area contributed by atoms with E-state index in [0.29, 0.717) is 25.8 Å². The molecule has 1 heterocycles. The van der Waals surface area contributed by atoms with Crippen LogP contribution >= 0.6 is 0 Å². The van der Waals surface area contributed by atoms with Gasteiger partial charge in [-0.3, -0.25) is 4.79 Å². The van der Waals surface area contributed by atoms with Crippen LogP contribution in [-0.4, -0.2) is 40.6 Å². The van der Waals surface area contributed by atoms with Crippen molar-refractivity contribution >= 4 is 11.9 Å². The zero-order valence-corrected chi connectivity index (χ0v) is 13.8. The fourth-order valence-corrected chi connectivity index (χ4v) is 2.81. The first-order valence-electron chi connectivity index (χ1n) is 8.18. The van der Waals surface area contributed by atoms with Crippen LogP contribution in [0.5, 0.6) is 0 Å². The van der Waals surface area contributed by atoms with Crippen LogP contribution in [0, 0.1) is 5.92 Å². The number of carbonyl (C=O) groups excluding carboxylic acids is 2. The number of amides is 1. The molecule has 1 saturated heterocycles. The summed E-state index contributed by atoms with van der Waals surface area (Å²) in [5.74, 6) is -0.514. The van der Waals surface area contributed by atoms with Crippen LogP contribution in [0.3, 0.4) is 0 Å². The maximum Gasteiger partial charge on any atom is 0.329 e. The summed E-state index contributed by atoms with van der Waals surface area (Å²) in [6.07, 6.45) is 0.697. The van der Waals surface area contributed by atoms with Crippen molar-refractivity contribution in [3.63, 3.8) is 0 Å². The maximum atomic E-state index is 12.5. The SMILES string of the molecule is CC(C)C[C@@H](C(=O)OCc1ccccc1)N1CCC[C@H](O)C1=O. The third-order valence-electron chi connectivity index (χ3n) is 4.01. The first-order chi connectivity index (χ1) is 11.0. The van der Waals surface area contributed by atoms with Crippen molar-refractivity contribution < 1.29 is 19.4 Å². The molecule has 2 rings (SSSR count). The molecule has 1 aromatic carbocycles. The quantitative estimate of drug-likeness (QED) is 0.816. The fourth-order valence-electron chi connectivity index (χ4n) is 2.81. The Hall–Kier alpha value is -1.88. The summed E-state index contributed by atoms with van der Waals surface area (Å²) in [4.78, 5) is 26.2. The molecule has 1 aliphatic rings. The highest BCUT2D eigenvalue weighted by Crippen LogP contribution is 2.20. The molecule has 126 valence electrons. The molecule has 0 spiro atoms. The van der Waals surface area contributed by atoms with Crippen molar-refractivity contribution in [2.75, 3.05) is 6.54 Å². The van der Waals surface area contributed by atoms with Gasteiger partial charge < -0.3 is 14.7 Å². The Kier molecular flexibility index (Phi) is 6.16. The van der Waals surface area contributed by atoms with Crippen molar-refractivity contribution in [2.45, 2.75) is 51.9 Å². The van der Waals surface area contributed by atoms with E-state index in [1.54, 1.807) is 0 Å². The Balaban J connectivity index is 2.04. The Morgan fingerprint density at radius 2 is 2.04 bits per heavy atom. The standard InChI is InChI=1S/C18H25NO4/c1-13(2)11-15(19-10-6-9-16(20)17(19)21)18(22)23-12-14-7-4-3-5-8-14/h3-5,7-8,13,15-16,20H,6,9-12H2,1-2H3/t15-,16-/m0/s1. The number of carbonyl (C=O) groups is 2. The van der Waals surface area contributed by atoms with Crippen molar-refractivity contribution in [1.29, 1.82) is 0 Å². The van der Waals surface area contributed by atoms with E-state index in [2.05, 4.69) is 0 Å². The van der Waals surface area contributed by atoms with E-state index in [1.165, 1.54) is 4.90 Å². The van der Waals surface area contributed by atoms with Crippen LogP contribution in [0.4, 0.5) is 0 Å². The molecule has 5 heteroatoms. The van der Waals surface area contributed by atoms with E-state index in [0.717, 1.165) is 5.56 Å². The smallest absolute Gasteiger partial charge is 0.329 e. The molecule has 1 fully saturated rings. The van der Waals surface area contributed by atoms with Gasteiger partial charge in [0.1, 0.15) is 18.8 Å². The number of nitrogens with zero attached hydrogens (tertiary/aromatic N) is 1. The number of esters is 1. The van der Waals surface area contributed by atoms with Gasteiger partial charge >= 0.3 is 5.97 Å². The molecule has 0 unspecified atom stereocenters. The number of likely N-dealkylation sites (tertiary alicyclic amines) is 1. The van der Waals surface area contributed by atoms with E-state index in [4.69, 9.17) is 4.74 Å². The average Bonchev–Trinajstić information content (AvgIpc) is 2.54. The van der Waals surface area contributed by atoms with E-state index in [9.17, 15) is 14.7 Å². The molecule has 2 atom stereocenters. The van der Waals surface area contributed by atoms with Crippen LogP contribution in [0.25, 0.3) is 0 Å². The lowest BCUT2D eigenvalue weighted by Crippen LogP contribution is -2.53. The topological polar surface area (TPSA) is 66.8 Å². The summed E-state index contributed by atoms with van der Waals surface area (Å²) < 4.78 is 5.41. The van der Waals surface area contributed by atoms with E-state index >= 15 is 0 Å². The van der Waals surface area contributed by atoms with Crippen LogP contribution in [-0.2, 0) is 20.9 Å². The first-order valence-corrected chi connectivity index (χ1v) is 8.18. The summed E-state index contributed by atoms with van der Waals surface area (Å²) in [5, 5.41) is 9.78. The Morgan fingerprint density at radius 3 is 2.70 bits per heavy atom. The predicted octanol–water partition coefficient (Wildman–Crippen LogP) is 2.13. The Bertz CT molecular complexity index is 529. The van der Waals surface area contributed by atoms with E-state index < -0.39 is 18.1 Å². The lowest BCUT2D eigenvalue weighted by atomic mass is 9.98. The van der Waals surface area contributed by atoms with Gasteiger partial charge in [0.25, 0.3) is 5.91 Å². The van der Waals surface area contributed by atoms with Gasteiger partial charge in [0, 0.05) is 6.54 Å². The average molecular weight is 319 g/mol. The molecule has 1 amide bonds.